The number of amides is 1. The lowest BCUT2D eigenvalue weighted by molar-refractivity contribution is 0.0794. The fourth-order valence-corrected chi connectivity index (χ4v) is 2.46. The normalized spacial score (nSPS) is 10.9. The summed E-state index contributed by atoms with van der Waals surface area (Å²) >= 11 is 0. The average Bonchev–Trinajstić information content (AvgIpc) is 2.73. The molecule has 2 rings (SSSR count). The summed E-state index contributed by atoms with van der Waals surface area (Å²) in [7, 11) is 1.88. The van der Waals surface area contributed by atoms with Gasteiger partial charge < -0.3 is 9.88 Å². The molecule has 0 saturated heterocycles. The molecule has 0 fully saturated rings. The molecule has 0 aliphatic carbocycles. The second kappa shape index (κ2) is 5.47. The van der Waals surface area contributed by atoms with Gasteiger partial charge in [-0.1, -0.05) is 31.5 Å². The van der Waals surface area contributed by atoms with E-state index in [0.717, 1.165) is 41.5 Å². The Balaban J connectivity index is 2.42. The quantitative estimate of drug-likeness (QED) is 0.892. The zero-order chi connectivity index (χ0) is 14.0. The Morgan fingerprint density at radius 3 is 2.74 bits per heavy atom. The highest BCUT2D eigenvalue weighted by Gasteiger charge is 2.19. The van der Waals surface area contributed by atoms with E-state index in [4.69, 9.17) is 0 Å². The van der Waals surface area contributed by atoms with E-state index in [1.165, 1.54) is 5.56 Å². The molecule has 1 aromatic carbocycles. The third-order valence-electron chi connectivity index (χ3n) is 3.64. The van der Waals surface area contributed by atoms with Crippen molar-refractivity contribution in [1.82, 2.24) is 9.88 Å². The average molecular weight is 258 g/mol. The van der Waals surface area contributed by atoms with Crippen LogP contribution in [0.1, 0.15) is 41.4 Å². The molecule has 0 bridgehead atoms. The Bertz CT molecular complexity index is 598. The first kappa shape index (κ1) is 13.7. The summed E-state index contributed by atoms with van der Waals surface area (Å²) in [5.74, 6) is 0.114. The number of hydrogen-bond acceptors (Lipinski definition) is 1. The number of hydrogen-bond donors (Lipinski definition) is 1. The molecule has 0 aliphatic heterocycles. The topological polar surface area (TPSA) is 36.1 Å². The van der Waals surface area contributed by atoms with E-state index in [-0.39, 0.29) is 5.91 Å². The maximum atomic E-state index is 12.6. The molecule has 0 radical (unpaired) electrons. The van der Waals surface area contributed by atoms with Crippen molar-refractivity contribution in [3.8, 4) is 0 Å². The van der Waals surface area contributed by atoms with E-state index in [1.807, 2.05) is 31.0 Å². The minimum atomic E-state index is 0.114. The predicted molar refractivity (Wildman–Crippen MR) is 79.6 cm³/mol. The lowest BCUT2D eigenvalue weighted by atomic mass is 10.1. The lowest BCUT2D eigenvalue weighted by Crippen LogP contribution is -2.28. The Kier molecular flexibility index (Phi) is 3.93. The van der Waals surface area contributed by atoms with Gasteiger partial charge in [-0.05, 0) is 25.8 Å². The van der Waals surface area contributed by atoms with Crippen LogP contribution in [0.2, 0.25) is 0 Å². The zero-order valence-corrected chi connectivity index (χ0v) is 12.2. The van der Waals surface area contributed by atoms with Crippen LogP contribution in [0.4, 0.5) is 0 Å². The zero-order valence-electron chi connectivity index (χ0n) is 12.2. The van der Waals surface area contributed by atoms with Gasteiger partial charge in [0.15, 0.2) is 0 Å². The molecule has 1 heterocycles. The summed E-state index contributed by atoms with van der Waals surface area (Å²) in [4.78, 5) is 17.7. The number of benzene rings is 1. The number of aryl methyl sites for hydroxylation is 2. The number of rotatable bonds is 4. The number of H-pyrrole nitrogens is 1. The number of aromatic nitrogens is 1. The van der Waals surface area contributed by atoms with Gasteiger partial charge in [0.1, 0.15) is 0 Å². The van der Waals surface area contributed by atoms with Gasteiger partial charge in [-0.25, -0.2) is 0 Å². The number of carbonyl (C=O) groups is 1. The molecule has 0 unspecified atom stereocenters. The number of para-hydroxylation sites is 1. The monoisotopic (exact) mass is 258 g/mol. The summed E-state index contributed by atoms with van der Waals surface area (Å²) in [6.45, 7) is 6.99. The smallest absolute Gasteiger partial charge is 0.256 e. The third-order valence-corrected chi connectivity index (χ3v) is 3.64. The molecule has 3 heteroatoms. The molecule has 3 nitrogen and oxygen atoms in total. The standard InChI is InChI=1S/C16H22N2O/c1-5-6-10-18(4)16(19)14-12(3)17-15-11(2)8-7-9-13(14)15/h7-9,17H,5-6,10H2,1-4H3. The van der Waals surface area contributed by atoms with Crippen molar-refractivity contribution < 1.29 is 4.79 Å². The summed E-state index contributed by atoms with van der Waals surface area (Å²) in [5.41, 5.74) is 4.03. The van der Waals surface area contributed by atoms with Crippen LogP contribution < -0.4 is 0 Å². The molecule has 102 valence electrons. The van der Waals surface area contributed by atoms with Crippen LogP contribution in [0.25, 0.3) is 10.9 Å². The number of carbonyl (C=O) groups excluding carboxylic acids is 1. The maximum absolute atomic E-state index is 12.6. The van der Waals surface area contributed by atoms with Crippen molar-refractivity contribution in [2.45, 2.75) is 33.6 Å². The summed E-state index contributed by atoms with van der Waals surface area (Å²) in [5, 5.41) is 1.03. The van der Waals surface area contributed by atoms with Crippen molar-refractivity contribution >= 4 is 16.8 Å². The first-order valence-corrected chi connectivity index (χ1v) is 6.89. The number of nitrogens with one attached hydrogen (secondary N) is 1. The first-order chi connectivity index (χ1) is 9.06. The molecule has 1 aromatic heterocycles. The summed E-state index contributed by atoms with van der Waals surface area (Å²) in [6.07, 6.45) is 2.15. The van der Waals surface area contributed by atoms with Crippen molar-refractivity contribution in [2.75, 3.05) is 13.6 Å². The largest absolute Gasteiger partial charge is 0.358 e. The van der Waals surface area contributed by atoms with Crippen molar-refractivity contribution in [3.05, 3.63) is 35.0 Å². The Labute approximate surface area is 114 Å². The van der Waals surface area contributed by atoms with Gasteiger partial charge in [0, 0.05) is 30.2 Å². The number of fused-ring (bicyclic) bond motifs is 1. The maximum Gasteiger partial charge on any atom is 0.256 e. The lowest BCUT2D eigenvalue weighted by Gasteiger charge is -2.16. The predicted octanol–water partition coefficient (Wildman–Crippen LogP) is 3.66. The highest BCUT2D eigenvalue weighted by atomic mass is 16.2. The van der Waals surface area contributed by atoms with E-state index < -0.39 is 0 Å². The second-order valence-electron chi connectivity index (χ2n) is 5.20. The van der Waals surface area contributed by atoms with E-state index >= 15 is 0 Å². The van der Waals surface area contributed by atoms with Gasteiger partial charge >= 0.3 is 0 Å². The van der Waals surface area contributed by atoms with Crippen LogP contribution in [-0.2, 0) is 0 Å². The van der Waals surface area contributed by atoms with Crippen molar-refractivity contribution in [3.63, 3.8) is 0 Å². The molecular formula is C16H22N2O. The fourth-order valence-electron chi connectivity index (χ4n) is 2.46. The van der Waals surface area contributed by atoms with Crippen LogP contribution in [0.5, 0.6) is 0 Å². The third kappa shape index (κ3) is 2.50. The van der Waals surface area contributed by atoms with Gasteiger partial charge in [-0.2, -0.15) is 0 Å². The minimum Gasteiger partial charge on any atom is -0.358 e. The van der Waals surface area contributed by atoms with Crippen LogP contribution in [0.15, 0.2) is 18.2 Å². The van der Waals surface area contributed by atoms with E-state index in [1.54, 1.807) is 0 Å². The fraction of sp³-hybridized carbons (Fsp3) is 0.438. The molecule has 0 spiro atoms. The van der Waals surface area contributed by atoms with Gasteiger partial charge in [-0.3, -0.25) is 4.79 Å². The molecule has 1 amide bonds. The van der Waals surface area contributed by atoms with Gasteiger partial charge in [0.25, 0.3) is 5.91 Å². The van der Waals surface area contributed by atoms with Crippen molar-refractivity contribution in [2.24, 2.45) is 0 Å². The van der Waals surface area contributed by atoms with Crippen LogP contribution in [-0.4, -0.2) is 29.4 Å². The Morgan fingerprint density at radius 2 is 2.05 bits per heavy atom. The molecule has 0 saturated carbocycles. The molecule has 0 atom stereocenters. The number of nitrogens with zero attached hydrogens (tertiary/aromatic N) is 1. The first-order valence-electron chi connectivity index (χ1n) is 6.89. The van der Waals surface area contributed by atoms with Crippen LogP contribution in [0, 0.1) is 13.8 Å². The highest BCUT2D eigenvalue weighted by Crippen LogP contribution is 2.25. The SMILES string of the molecule is CCCCN(C)C(=O)c1c(C)[nH]c2c(C)cccc12. The Hall–Kier alpha value is -1.77. The minimum absolute atomic E-state index is 0.114. The van der Waals surface area contributed by atoms with E-state index in [2.05, 4.69) is 24.9 Å². The number of aromatic amines is 1. The van der Waals surface area contributed by atoms with Crippen LogP contribution in [0.3, 0.4) is 0 Å². The van der Waals surface area contributed by atoms with Gasteiger partial charge in [0.05, 0.1) is 5.56 Å². The van der Waals surface area contributed by atoms with Gasteiger partial charge in [-0.15, -0.1) is 0 Å². The molecule has 0 aliphatic rings. The van der Waals surface area contributed by atoms with E-state index in [0.29, 0.717) is 0 Å². The van der Waals surface area contributed by atoms with Crippen LogP contribution >= 0.6 is 0 Å². The van der Waals surface area contributed by atoms with E-state index in [9.17, 15) is 4.79 Å². The summed E-state index contributed by atoms with van der Waals surface area (Å²) in [6, 6.07) is 6.09. The second-order valence-corrected chi connectivity index (χ2v) is 5.20. The molecule has 19 heavy (non-hydrogen) atoms. The van der Waals surface area contributed by atoms with Gasteiger partial charge in [0.2, 0.25) is 0 Å². The molecular weight excluding hydrogens is 236 g/mol. The summed E-state index contributed by atoms with van der Waals surface area (Å²) < 4.78 is 0. The highest BCUT2D eigenvalue weighted by molar-refractivity contribution is 6.08. The number of unbranched alkanes of at least 4 members (excludes halogenated alkanes) is 1. The molecule has 2 aromatic rings. The molecule has 1 N–H and O–H groups in total. The van der Waals surface area contributed by atoms with Crippen molar-refractivity contribution in [1.29, 1.82) is 0 Å². The Morgan fingerprint density at radius 1 is 1.32 bits per heavy atom.